The second kappa shape index (κ2) is 8.30. The van der Waals surface area contributed by atoms with Crippen molar-refractivity contribution in [1.82, 2.24) is 9.21 Å². The Morgan fingerprint density at radius 1 is 1.20 bits per heavy atom. The highest BCUT2D eigenvalue weighted by molar-refractivity contribution is 7.89. The molecular formula is C16H23N3O5S. The summed E-state index contributed by atoms with van der Waals surface area (Å²) in [7, 11) is -2.23. The third-order valence-electron chi connectivity index (χ3n) is 4.07. The van der Waals surface area contributed by atoms with E-state index in [1.807, 2.05) is 0 Å². The molecule has 1 heterocycles. The predicted octanol–water partition coefficient (Wildman–Crippen LogP) is 1.80. The maximum atomic E-state index is 12.9. The molecule has 2 amide bonds. The Labute approximate surface area is 147 Å². The van der Waals surface area contributed by atoms with E-state index in [1.165, 1.54) is 28.4 Å². The van der Waals surface area contributed by atoms with Gasteiger partial charge in [0.05, 0.1) is 12.1 Å². The number of para-hydroxylation sites is 1. The smallest absolute Gasteiger partial charge is 0.321 e. The molecule has 0 saturated carbocycles. The Bertz CT molecular complexity index is 729. The number of aliphatic carboxylic acids is 1. The maximum absolute atomic E-state index is 12.9. The Kier molecular flexibility index (Phi) is 6.38. The van der Waals surface area contributed by atoms with Crippen molar-refractivity contribution in [3.8, 4) is 0 Å². The summed E-state index contributed by atoms with van der Waals surface area (Å²) >= 11 is 0. The number of hydrogen-bond donors (Lipinski definition) is 2. The van der Waals surface area contributed by atoms with Crippen molar-refractivity contribution in [3.05, 3.63) is 24.3 Å². The minimum absolute atomic E-state index is 0.0300. The number of piperidine rings is 1. The van der Waals surface area contributed by atoms with Crippen molar-refractivity contribution in [3.63, 3.8) is 0 Å². The molecule has 1 saturated heterocycles. The number of carbonyl (C=O) groups is 2. The molecule has 1 aromatic carbocycles. The fourth-order valence-electron chi connectivity index (χ4n) is 2.61. The lowest BCUT2D eigenvalue weighted by atomic mass is 10.2. The highest BCUT2D eigenvalue weighted by Crippen LogP contribution is 2.26. The lowest BCUT2D eigenvalue weighted by Gasteiger charge is -2.27. The van der Waals surface area contributed by atoms with E-state index in [-0.39, 0.29) is 23.5 Å². The summed E-state index contributed by atoms with van der Waals surface area (Å²) in [4.78, 5) is 24.1. The highest BCUT2D eigenvalue weighted by atomic mass is 32.2. The van der Waals surface area contributed by atoms with Crippen molar-refractivity contribution in [2.45, 2.75) is 30.6 Å². The van der Waals surface area contributed by atoms with E-state index in [4.69, 9.17) is 5.11 Å². The van der Waals surface area contributed by atoms with E-state index in [0.29, 0.717) is 13.1 Å². The van der Waals surface area contributed by atoms with Crippen molar-refractivity contribution in [1.29, 1.82) is 0 Å². The zero-order valence-corrected chi connectivity index (χ0v) is 15.0. The predicted molar refractivity (Wildman–Crippen MR) is 93.0 cm³/mol. The molecule has 0 aliphatic carbocycles. The van der Waals surface area contributed by atoms with Gasteiger partial charge in [-0.25, -0.2) is 13.2 Å². The van der Waals surface area contributed by atoms with Gasteiger partial charge >= 0.3 is 12.0 Å². The van der Waals surface area contributed by atoms with E-state index in [0.717, 1.165) is 19.3 Å². The number of carboxylic acid groups (broad SMARTS) is 1. The normalized spacial score (nSPS) is 15.6. The first-order valence-electron chi connectivity index (χ1n) is 8.15. The summed E-state index contributed by atoms with van der Waals surface area (Å²) in [6.07, 6.45) is 2.48. The van der Waals surface area contributed by atoms with E-state index in [1.54, 1.807) is 12.1 Å². The first-order valence-corrected chi connectivity index (χ1v) is 9.59. The molecule has 0 unspecified atom stereocenters. The van der Waals surface area contributed by atoms with Crippen LogP contribution in [0.3, 0.4) is 0 Å². The Morgan fingerprint density at radius 3 is 2.48 bits per heavy atom. The maximum Gasteiger partial charge on any atom is 0.321 e. The van der Waals surface area contributed by atoms with Crippen LogP contribution in [0.15, 0.2) is 29.2 Å². The second-order valence-corrected chi connectivity index (χ2v) is 7.86. The van der Waals surface area contributed by atoms with Crippen LogP contribution in [0.25, 0.3) is 0 Å². The summed E-state index contributed by atoms with van der Waals surface area (Å²) in [5, 5.41) is 11.3. The second-order valence-electron chi connectivity index (χ2n) is 5.96. The lowest BCUT2D eigenvalue weighted by Crippen LogP contribution is -2.37. The number of hydrogen-bond acceptors (Lipinski definition) is 4. The van der Waals surface area contributed by atoms with Crippen LogP contribution in [-0.2, 0) is 14.8 Å². The summed E-state index contributed by atoms with van der Waals surface area (Å²) in [6, 6.07) is 5.70. The van der Waals surface area contributed by atoms with E-state index >= 15 is 0 Å². The quantitative estimate of drug-likeness (QED) is 0.795. The van der Waals surface area contributed by atoms with Crippen molar-refractivity contribution >= 4 is 27.7 Å². The minimum atomic E-state index is -3.68. The molecule has 1 aliphatic heterocycles. The largest absolute Gasteiger partial charge is 0.481 e. The summed E-state index contributed by atoms with van der Waals surface area (Å²) in [5.74, 6) is -1.01. The van der Waals surface area contributed by atoms with Crippen LogP contribution in [0, 0.1) is 0 Å². The van der Waals surface area contributed by atoms with Gasteiger partial charge in [-0.3, -0.25) is 4.79 Å². The molecule has 9 heteroatoms. The molecule has 25 heavy (non-hydrogen) atoms. The number of nitrogens with one attached hydrogen (secondary N) is 1. The van der Waals surface area contributed by atoms with E-state index < -0.39 is 22.0 Å². The molecule has 0 atom stereocenters. The first-order chi connectivity index (χ1) is 11.8. The van der Waals surface area contributed by atoms with Gasteiger partial charge in [-0.05, 0) is 25.0 Å². The lowest BCUT2D eigenvalue weighted by molar-refractivity contribution is -0.137. The summed E-state index contributed by atoms with van der Waals surface area (Å²) < 4.78 is 27.2. The fraction of sp³-hybridized carbons (Fsp3) is 0.500. The first kappa shape index (κ1) is 19.2. The average Bonchev–Trinajstić information content (AvgIpc) is 2.60. The molecular weight excluding hydrogens is 346 g/mol. The number of nitrogens with zero attached hydrogens (tertiary/aromatic N) is 2. The molecule has 1 fully saturated rings. The van der Waals surface area contributed by atoms with Gasteiger partial charge in [0.2, 0.25) is 10.0 Å². The van der Waals surface area contributed by atoms with Crippen molar-refractivity contribution < 1.29 is 23.1 Å². The number of rotatable bonds is 6. The standard InChI is InChI=1S/C16H23N3O5S/c1-18(12-9-15(20)21)16(22)17-13-7-3-4-8-14(13)25(23,24)19-10-5-2-6-11-19/h3-4,7-8H,2,5-6,9-12H2,1H3,(H,17,22)(H,20,21). The van der Waals surface area contributed by atoms with Gasteiger partial charge in [-0.1, -0.05) is 18.6 Å². The SMILES string of the molecule is CN(CCC(=O)O)C(=O)Nc1ccccc1S(=O)(=O)N1CCCCC1. The van der Waals surface area contributed by atoms with Gasteiger partial charge in [0.15, 0.2) is 0 Å². The molecule has 2 rings (SSSR count). The van der Waals surface area contributed by atoms with E-state index in [9.17, 15) is 18.0 Å². The van der Waals surface area contributed by atoms with Crippen LogP contribution in [0.4, 0.5) is 10.5 Å². The third kappa shape index (κ3) is 4.93. The number of urea groups is 1. The molecule has 1 aromatic rings. The zero-order chi connectivity index (χ0) is 18.4. The number of carboxylic acids is 1. The Hall–Kier alpha value is -2.13. The van der Waals surface area contributed by atoms with Gasteiger partial charge < -0.3 is 15.3 Å². The van der Waals surface area contributed by atoms with Gasteiger partial charge in [-0.15, -0.1) is 0 Å². The van der Waals surface area contributed by atoms with Crippen LogP contribution in [0.5, 0.6) is 0 Å². The van der Waals surface area contributed by atoms with Crippen molar-refractivity contribution in [2.75, 3.05) is 32.0 Å². The van der Waals surface area contributed by atoms with Crippen LogP contribution in [0.1, 0.15) is 25.7 Å². The molecule has 1 aliphatic rings. The van der Waals surface area contributed by atoms with Crippen LogP contribution in [-0.4, -0.2) is 61.4 Å². The van der Waals surface area contributed by atoms with Crippen LogP contribution in [0.2, 0.25) is 0 Å². The molecule has 8 nitrogen and oxygen atoms in total. The molecule has 138 valence electrons. The van der Waals surface area contributed by atoms with E-state index in [2.05, 4.69) is 5.32 Å². The number of anilines is 1. The fourth-order valence-corrected chi connectivity index (χ4v) is 4.28. The topological polar surface area (TPSA) is 107 Å². The number of carbonyl (C=O) groups excluding carboxylic acids is 1. The zero-order valence-electron chi connectivity index (χ0n) is 14.1. The van der Waals surface area contributed by atoms with Gasteiger partial charge in [-0.2, -0.15) is 4.31 Å². The number of sulfonamides is 1. The van der Waals surface area contributed by atoms with Crippen LogP contribution < -0.4 is 5.32 Å². The molecule has 0 bridgehead atoms. The molecule has 0 aromatic heterocycles. The Morgan fingerprint density at radius 2 is 1.84 bits per heavy atom. The molecule has 0 spiro atoms. The Balaban J connectivity index is 2.17. The van der Waals surface area contributed by atoms with Gasteiger partial charge in [0.25, 0.3) is 0 Å². The number of benzene rings is 1. The van der Waals surface area contributed by atoms with Gasteiger partial charge in [0.1, 0.15) is 4.90 Å². The highest BCUT2D eigenvalue weighted by Gasteiger charge is 2.28. The molecule has 2 N–H and O–H groups in total. The summed E-state index contributed by atoms with van der Waals surface area (Å²) in [6.45, 7) is 0.981. The third-order valence-corrected chi connectivity index (χ3v) is 6.03. The monoisotopic (exact) mass is 369 g/mol. The number of amides is 2. The van der Waals surface area contributed by atoms with Crippen LogP contribution >= 0.6 is 0 Å². The minimum Gasteiger partial charge on any atom is -0.481 e. The molecule has 0 radical (unpaired) electrons. The summed E-state index contributed by atoms with van der Waals surface area (Å²) in [5.41, 5.74) is 0.195. The average molecular weight is 369 g/mol. The van der Waals surface area contributed by atoms with Gasteiger partial charge in [0, 0.05) is 26.7 Å². The van der Waals surface area contributed by atoms with Crippen molar-refractivity contribution in [2.24, 2.45) is 0 Å².